The van der Waals surface area contributed by atoms with Crippen LogP contribution in [0.1, 0.15) is 6.42 Å². The Kier molecular flexibility index (Phi) is 4.04. The summed E-state index contributed by atoms with van der Waals surface area (Å²) in [5.41, 5.74) is 0.481. The van der Waals surface area contributed by atoms with Crippen LogP contribution in [0.15, 0.2) is 54.6 Å². The van der Waals surface area contributed by atoms with Gasteiger partial charge in [-0.25, -0.2) is 0 Å². The number of hydrogen-bond donors (Lipinski definition) is 0. The summed E-state index contributed by atoms with van der Waals surface area (Å²) in [7, 11) is -4.73. The van der Waals surface area contributed by atoms with Crippen LogP contribution in [-0.2, 0) is 15.0 Å². The van der Waals surface area contributed by atoms with Crippen LogP contribution in [0.5, 0.6) is 11.5 Å². The van der Waals surface area contributed by atoms with Crippen LogP contribution in [0.3, 0.4) is 0 Å². The molecule has 5 nitrogen and oxygen atoms in total. The van der Waals surface area contributed by atoms with Gasteiger partial charge in [-0.15, -0.1) is 3.89 Å². The van der Waals surface area contributed by atoms with E-state index >= 15 is 0 Å². The fourth-order valence-electron chi connectivity index (χ4n) is 2.45. The highest BCUT2D eigenvalue weighted by Crippen LogP contribution is 2.30. The summed E-state index contributed by atoms with van der Waals surface area (Å²) in [6.07, 6.45) is -0.345. The first-order valence-corrected chi connectivity index (χ1v) is 8.45. The minimum Gasteiger partial charge on any atom is -0.457 e. The minimum absolute atomic E-state index is 0.188. The van der Waals surface area contributed by atoms with Gasteiger partial charge in [0.05, 0.1) is 0 Å². The first-order valence-electron chi connectivity index (χ1n) is 7.00. The molecule has 1 amide bonds. The Morgan fingerprint density at radius 3 is 2.39 bits per heavy atom. The third kappa shape index (κ3) is 3.50. The van der Waals surface area contributed by atoms with Gasteiger partial charge in [0.15, 0.2) is 0 Å². The lowest BCUT2D eigenvalue weighted by molar-refractivity contribution is -0.117. The Bertz CT molecular complexity index is 823. The van der Waals surface area contributed by atoms with Crippen LogP contribution in [0.25, 0.3) is 0 Å². The number of hydrogen-bond acceptors (Lipinski definition) is 4. The summed E-state index contributed by atoms with van der Waals surface area (Å²) in [5.74, 6) is 0.725. The lowest BCUT2D eigenvalue weighted by Gasteiger charge is -2.17. The highest BCUT2D eigenvalue weighted by Gasteiger charge is 2.39. The van der Waals surface area contributed by atoms with Gasteiger partial charge in [0, 0.05) is 24.7 Å². The molecule has 1 aliphatic heterocycles. The summed E-state index contributed by atoms with van der Waals surface area (Å²) in [4.78, 5) is 13.2. The number of carbonyl (C=O) groups is 1. The molecule has 3 rings (SSSR count). The topological polar surface area (TPSA) is 63.7 Å². The zero-order valence-corrected chi connectivity index (χ0v) is 12.9. The maximum absolute atomic E-state index is 13.1. The van der Waals surface area contributed by atoms with Crippen LogP contribution in [-0.4, -0.2) is 26.1 Å². The van der Waals surface area contributed by atoms with E-state index < -0.39 is 21.4 Å². The maximum Gasteiger partial charge on any atom is 0.307 e. The second kappa shape index (κ2) is 6.00. The monoisotopic (exact) mass is 335 g/mol. The van der Waals surface area contributed by atoms with Gasteiger partial charge in [-0.1, -0.05) is 24.3 Å². The molecule has 0 aromatic heterocycles. The second-order valence-corrected chi connectivity index (χ2v) is 6.84. The van der Waals surface area contributed by atoms with Crippen LogP contribution < -0.4 is 9.64 Å². The third-order valence-corrected chi connectivity index (χ3v) is 4.71. The number of para-hydroxylation sites is 1. The van der Waals surface area contributed by atoms with E-state index in [0.29, 0.717) is 17.2 Å². The van der Waals surface area contributed by atoms with E-state index in [1.807, 2.05) is 18.2 Å². The van der Waals surface area contributed by atoms with Crippen LogP contribution in [0.2, 0.25) is 0 Å². The Labute approximate surface area is 133 Å². The zero-order chi connectivity index (χ0) is 16.4. The van der Waals surface area contributed by atoms with Crippen LogP contribution in [0, 0.1) is 0 Å². The summed E-state index contributed by atoms with van der Waals surface area (Å²) in [5, 5.41) is -1.31. The third-order valence-electron chi connectivity index (χ3n) is 3.60. The van der Waals surface area contributed by atoms with Crippen molar-refractivity contribution in [3.8, 4) is 11.5 Å². The molecule has 0 spiro atoms. The number of benzene rings is 2. The number of carbonyl (C=O) groups excluding carboxylic acids is 1. The number of ether oxygens (including phenoxy) is 1. The molecule has 1 fully saturated rings. The van der Waals surface area contributed by atoms with Crippen molar-refractivity contribution in [2.75, 3.05) is 11.4 Å². The van der Waals surface area contributed by atoms with Gasteiger partial charge in [0.1, 0.15) is 16.7 Å². The predicted molar refractivity (Wildman–Crippen MR) is 83.7 cm³/mol. The molecule has 120 valence electrons. The highest BCUT2D eigenvalue weighted by atomic mass is 32.3. The molecule has 7 heteroatoms. The van der Waals surface area contributed by atoms with Crippen molar-refractivity contribution in [3.63, 3.8) is 0 Å². The van der Waals surface area contributed by atoms with E-state index in [9.17, 15) is 17.1 Å². The van der Waals surface area contributed by atoms with Gasteiger partial charge in [0.2, 0.25) is 5.91 Å². The number of nitrogens with zero attached hydrogens (tertiary/aromatic N) is 1. The van der Waals surface area contributed by atoms with Gasteiger partial charge >= 0.3 is 10.2 Å². The fraction of sp³-hybridized carbons (Fsp3) is 0.188. The Hall–Kier alpha value is -2.41. The molecular weight excluding hydrogens is 321 g/mol. The van der Waals surface area contributed by atoms with E-state index in [1.165, 1.54) is 4.90 Å². The predicted octanol–water partition coefficient (Wildman–Crippen LogP) is 2.88. The molecule has 0 radical (unpaired) electrons. The summed E-state index contributed by atoms with van der Waals surface area (Å²) >= 11 is 0. The van der Waals surface area contributed by atoms with Gasteiger partial charge in [-0.3, -0.25) is 4.79 Å². The smallest absolute Gasteiger partial charge is 0.307 e. The van der Waals surface area contributed by atoms with E-state index in [1.54, 1.807) is 36.4 Å². The average Bonchev–Trinajstić information content (AvgIpc) is 2.91. The fourth-order valence-corrected chi connectivity index (χ4v) is 3.12. The molecule has 1 unspecified atom stereocenters. The van der Waals surface area contributed by atoms with E-state index in [-0.39, 0.29) is 13.0 Å². The molecule has 2 aromatic rings. The molecule has 23 heavy (non-hydrogen) atoms. The quantitative estimate of drug-likeness (QED) is 0.806. The van der Waals surface area contributed by atoms with Gasteiger partial charge in [-0.2, -0.15) is 8.42 Å². The molecule has 0 saturated carbocycles. The molecule has 0 N–H and O–H groups in total. The van der Waals surface area contributed by atoms with Crippen LogP contribution >= 0.6 is 0 Å². The van der Waals surface area contributed by atoms with Gasteiger partial charge in [0.25, 0.3) is 0 Å². The average molecular weight is 335 g/mol. The SMILES string of the molecule is O=C1CC(S(=O)(=O)F)CN1c1cccc(Oc2ccccc2)c1. The summed E-state index contributed by atoms with van der Waals surface area (Å²) < 4.78 is 40.8. The van der Waals surface area contributed by atoms with E-state index in [2.05, 4.69) is 0 Å². The lowest BCUT2D eigenvalue weighted by atomic mass is 10.2. The standard InChI is InChI=1S/C16H14FNO4S/c17-23(20,21)15-10-16(19)18(11-15)12-5-4-8-14(9-12)22-13-6-2-1-3-7-13/h1-9,15H,10-11H2. The van der Waals surface area contributed by atoms with Crippen molar-refractivity contribution >= 4 is 21.8 Å². The van der Waals surface area contributed by atoms with Crippen molar-refractivity contribution < 1.29 is 21.8 Å². The molecule has 0 aliphatic carbocycles. The number of rotatable bonds is 4. The van der Waals surface area contributed by atoms with Crippen molar-refractivity contribution in [1.82, 2.24) is 0 Å². The van der Waals surface area contributed by atoms with Gasteiger partial charge < -0.3 is 9.64 Å². The van der Waals surface area contributed by atoms with Crippen molar-refractivity contribution in [2.45, 2.75) is 11.7 Å². The Balaban J connectivity index is 1.81. The number of halogens is 1. The lowest BCUT2D eigenvalue weighted by Crippen LogP contribution is -2.26. The molecule has 0 bridgehead atoms. The van der Waals surface area contributed by atoms with Crippen molar-refractivity contribution in [1.29, 1.82) is 0 Å². The zero-order valence-electron chi connectivity index (χ0n) is 12.1. The molecular formula is C16H14FNO4S. The number of anilines is 1. The number of amides is 1. The Morgan fingerprint density at radius 2 is 1.74 bits per heavy atom. The highest BCUT2D eigenvalue weighted by molar-refractivity contribution is 7.87. The second-order valence-electron chi connectivity index (χ2n) is 5.22. The molecule has 1 saturated heterocycles. The summed E-state index contributed by atoms with van der Waals surface area (Å²) in [6, 6.07) is 15.8. The minimum atomic E-state index is -4.73. The molecule has 2 aromatic carbocycles. The Morgan fingerprint density at radius 1 is 1.04 bits per heavy atom. The first kappa shape index (κ1) is 15.5. The first-order chi connectivity index (χ1) is 10.9. The maximum atomic E-state index is 13.1. The molecule has 1 aliphatic rings. The van der Waals surface area contributed by atoms with E-state index in [4.69, 9.17) is 4.74 Å². The van der Waals surface area contributed by atoms with Gasteiger partial charge in [-0.05, 0) is 24.3 Å². The van der Waals surface area contributed by atoms with Crippen LogP contribution in [0.4, 0.5) is 9.57 Å². The van der Waals surface area contributed by atoms with Crippen molar-refractivity contribution in [2.24, 2.45) is 0 Å². The largest absolute Gasteiger partial charge is 0.457 e. The van der Waals surface area contributed by atoms with Crippen molar-refractivity contribution in [3.05, 3.63) is 54.6 Å². The normalized spacial score (nSPS) is 18.2. The van der Waals surface area contributed by atoms with E-state index in [0.717, 1.165) is 0 Å². The molecule has 1 atom stereocenters. The summed E-state index contributed by atoms with van der Waals surface area (Å²) in [6.45, 7) is -0.188. The molecule has 1 heterocycles.